The molecule has 0 atom stereocenters. The smallest absolute Gasteiger partial charge is 0.168 e. The van der Waals surface area contributed by atoms with Crippen molar-refractivity contribution in [1.82, 2.24) is 0 Å². The molecule has 2 aromatic carbocycles. The van der Waals surface area contributed by atoms with E-state index in [1.165, 1.54) is 19.2 Å². The molecule has 0 aromatic heterocycles. The van der Waals surface area contributed by atoms with Gasteiger partial charge in [-0.15, -0.1) is 5.11 Å². The highest BCUT2D eigenvalue weighted by atomic mass is 35.5. The lowest BCUT2D eigenvalue weighted by molar-refractivity contribution is 0.112. The number of benzene rings is 2. The molecule has 102 valence electrons. The Bertz CT molecular complexity index is 671. The number of halogens is 1. The summed E-state index contributed by atoms with van der Waals surface area (Å²) < 4.78 is 4.97. The summed E-state index contributed by atoms with van der Waals surface area (Å²) in [4.78, 5) is 10.9. The number of phenolic OH excluding ortho intramolecular Hbond substituents is 1. The molecule has 0 bridgehead atoms. The zero-order valence-corrected chi connectivity index (χ0v) is 11.3. The van der Waals surface area contributed by atoms with Crippen LogP contribution in [0.1, 0.15) is 10.4 Å². The molecule has 0 aliphatic carbocycles. The van der Waals surface area contributed by atoms with Crippen LogP contribution in [0.2, 0.25) is 5.02 Å². The van der Waals surface area contributed by atoms with E-state index in [9.17, 15) is 9.90 Å². The number of hydrogen-bond donors (Lipinski definition) is 1. The van der Waals surface area contributed by atoms with E-state index in [0.29, 0.717) is 22.7 Å². The van der Waals surface area contributed by atoms with Crippen LogP contribution in [0.15, 0.2) is 46.6 Å². The summed E-state index contributed by atoms with van der Waals surface area (Å²) in [5, 5.41) is 18.1. The number of aldehydes is 1. The SMILES string of the molecule is COc1cc(N=Nc2ccccc2Cl)cc(C=O)c1O. The molecule has 6 heteroatoms. The Morgan fingerprint density at radius 2 is 2.00 bits per heavy atom. The van der Waals surface area contributed by atoms with Crippen LogP contribution < -0.4 is 4.74 Å². The van der Waals surface area contributed by atoms with Gasteiger partial charge in [-0.25, -0.2) is 0 Å². The molecule has 0 amide bonds. The van der Waals surface area contributed by atoms with Gasteiger partial charge in [0.25, 0.3) is 0 Å². The van der Waals surface area contributed by atoms with E-state index in [1.807, 2.05) is 0 Å². The maximum absolute atomic E-state index is 10.9. The summed E-state index contributed by atoms with van der Waals surface area (Å²) >= 11 is 5.96. The van der Waals surface area contributed by atoms with Gasteiger partial charge in [-0.2, -0.15) is 5.11 Å². The standard InChI is InChI=1S/C14H11ClN2O3/c1-20-13-7-10(6-9(8-18)14(13)19)16-17-12-5-3-2-4-11(12)15/h2-8,19H,1H3. The minimum absolute atomic E-state index is 0.0810. The number of azo groups is 1. The fraction of sp³-hybridized carbons (Fsp3) is 0.0714. The molecule has 0 fully saturated rings. The normalized spacial score (nSPS) is 10.7. The second kappa shape index (κ2) is 6.16. The lowest BCUT2D eigenvalue weighted by Crippen LogP contribution is -1.88. The number of ether oxygens (including phenoxy) is 1. The van der Waals surface area contributed by atoms with Crippen LogP contribution in [0.3, 0.4) is 0 Å². The van der Waals surface area contributed by atoms with Crippen LogP contribution in [0.4, 0.5) is 11.4 Å². The van der Waals surface area contributed by atoms with Gasteiger partial charge >= 0.3 is 0 Å². The lowest BCUT2D eigenvalue weighted by atomic mass is 10.2. The molecule has 0 saturated carbocycles. The van der Waals surface area contributed by atoms with Crippen molar-refractivity contribution in [3.05, 3.63) is 47.0 Å². The molecule has 2 aromatic rings. The van der Waals surface area contributed by atoms with Gasteiger partial charge < -0.3 is 9.84 Å². The summed E-state index contributed by atoms with van der Waals surface area (Å²) in [7, 11) is 1.39. The quantitative estimate of drug-likeness (QED) is 0.674. The first-order valence-corrected chi connectivity index (χ1v) is 6.06. The Balaban J connectivity index is 2.39. The number of carbonyl (C=O) groups is 1. The van der Waals surface area contributed by atoms with E-state index in [0.717, 1.165) is 0 Å². The van der Waals surface area contributed by atoms with Gasteiger partial charge in [-0.3, -0.25) is 4.79 Å². The number of hydrogen-bond acceptors (Lipinski definition) is 5. The molecule has 0 radical (unpaired) electrons. The van der Waals surface area contributed by atoms with E-state index in [2.05, 4.69) is 10.2 Å². The average Bonchev–Trinajstić information content (AvgIpc) is 2.47. The monoisotopic (exact) mass is 290 g/mol. The molecule has 1 N–H and O–H groups in total. The van der Waals surface area contributed by atoms with Crippen LogP contribution in [-0.4, -0.2) is 18.5 Å². The first-order valence-electron chi connectivity index (χ1n) is 5.68. The number of rotatable bonds is 4. The van der Waals surface area contributed by atoms with E-state index in [1.54, 1.807) is 24.3 Å². The predicted octanol–water partition coefficient (Wildman–Crippen LogP) is 4.28. The Kier molecular flexibility index (Phi) is 4.32. The molecule has 0 saturated heterocycles. The second-order valence-corrected chi connectivity index (χ2v) is 4.26. The molecule has 0 heterocycles. The third kappa shape index (κ3) is 2.95. The number of aromatic hydroxyl groups is 1. The zero-order valence-electron chi connectivity index (χ0n) is 10.6. The maximum Gasteiger partial charge on any atom is 0.168 e. The zero-order chi connectivity index (χ0) is 14.5. The molecular formula is C14H11ClN2O3. The number of carbonyl (C=O) groups excluding carboxylic acids is 1. The van der Waals surface area contributed by atoms with Crippen molar-refractivity contribution in [2.45, 2.75) is 0 Å². The Labute approximate surface area is 120 Å². The largest absolute Gasteiger partial charge is 0.504 e. The maximum atomic E-state index is 10.9. The minimum Gasteiger partial charge on any atom is -0.504 e. The van der Waals surface area contributed by atoms with Crippen molar-refractivity contribution >= 4 is 29.3 Å². The Morgan fingerprint density at radius 1 is 1.25 bits per heavy atom. The van der Waals surface area contributed by atoms with Crippen LogP contribution in [-0.2, 0) is 0 Å². The predicted molar refractivity (Wildman–Crippen MR) is 75.7 cm³/mol. The van der Waals surface area contributed by atoms with Crippen molar-refractivity contribution in [3.63, 3.8) is 0 Å². The van der Waals surface area contributed by atoms with Crippen LogP contribution in [0, 0.1) is 0 Å². The second-order valence-electron chi connectivity index (χ2n) is 3.86. The van der Waals surface area contributed by atoms with Gasteiger partial charge in [-0.05, 0) is 18.2 Å². The van der Waals surface area contributed by atoms with Gasteiger partial charge in [0.05, 0.1) is 23.4 Å². The molecule has 0 aliphatic rings. The molecule has 2 rings (SSSR count). The van der Waals surface area contributed by atoms with Crippen molar-refractivity contribution < 1.29 is 14.6 Å². The van der Waals surface area contributed by atoms with Crippen molar-refractivity contribution in [2.24, 2.45) is 10.2 Å². The van der Waals surface area contributed by atoms with Crippen molar-refractivity contribution in [1.29, 1.82) is 0 Å². The minimum atomic E-state index is -0.223. The average molecular weight is 291 g/mol. The number of nitrogens with zero attached hydrogens (tertiary/aromatic N) is 2. The fourth-order valence-electron chi connectivity index (χ4n) is 1.56. The molecule has 20 heavy (non-hydrogen) atoms. The number of methoxy groups -OCH3 is 1. The van der Waals surface area contributed by atoms with Gasteiger partial charge in [0.2, 0.25) is 0 Å². The summed E-state index contributed by atoms with van der Waals surface area (Å²) in [6.07, 6.45) is 0.520. The summed E-state index contributed by atoms with van der Waals surface area (Å²) in [5.74, 6) is -0.0677. The Morgan fingerprint density at radius 3 is 2.65 bits per heavy atom. The molecule has 0 aliphatic heterocycles. The van der Waals surface area contributed by atoms with Crippen LogP contribution in [0.5, 0.6) is 11.5 Å². The fourth-order valence-corrected chi connectivity index (χ4v) is 1.74. The first-order chi connectivity index (χ1) is 9.65. The third-order valence-electron chi connectivity index (χ3n) is 2.56. The summed E-state index contributed by atoms with van der Waals surface area (Å²) in [6.45, 7) is 0. The lowest BCUT2D eigenvalue weighted by Gasteiger charge is -2.06. The van der Waals surface area contributed by atoms with E-state index in [-0.39, 0.29) is 17.1 Å². The highest BCUT2D eigenvalue weighted by Gasteiger charge is 2.09. The van der Waals surface area contributed by atoms with Crippen molar-refractivity contribution in [2.75, 3.05) is 7.11 Å². The van der Waals surface area contributed by atoms with Crippen LogP contribution in [0.25, 0.3) is 0 Å². The topological polar surface area (TPSA) is 71.2 Å². The van der Waals surface area contributed by atoms with Gasteiger partial charge in [0.1, 0.15) is 5.69 Å². The summed E-state index contributed by atoms with van der Waals surface area (Å²) in [6, 6.07) is 9.87. The molecular weight excluding hydrogens is 280 g/mol. The molecule has 5 nitrogen and oxygen atoms in total. The Hall–Kier alpha value is -2.40. The van der Waals surface area contributed by atoms with E-state index in [4.69, 9.17) is 16.3 Å². The highest BCUT2D eigenvalue weighted by Crippen LogP contribution is 2.35. The first kappa shape index (κ1) is 14.0. The van der Waals surface area contributed by atoms with Gasteiger partial charge in [0.15, 0.2) is 17.8 Å². The van der Waals surface area contributed by atoms with Gasteiger partial charge in [0, 0.05) is 6.07 Å². The summed E-state index contributed by atoms with van der Waals surface area (Å²) in [5.41, 5.74) is 0.966. The highest BCUT2D eigenvalue weighted by molar-refractivity contribution is 6.32. The van der Waals surface area contributed by atoms with E-state index < -0.39 is 0 Å². The third-order valence-corrected chi connectivity index (χ3v) is 2.88. The molecule has 0 spiro atoms. The number of phenols is 1. The van der Waals surface area contributed by atoms with Gasteiger partial charge in [-0.1, -0.05) is 23.7 Å². The van der Waals surface area contributed by atoms with Crippen molar-refractivity contribution in [3.8, 4) is 11.5 Å². The molecule has 0 unspecified atom stereocenters. The van der Waals surface area contributed by atoms with Crippen LogP contribution >= 0.6 is 11.6 Å². The van der Waals surface area contributed by atoms with E-state index >= 15 is 0 Å².